The molecule has 164 valence electrons. The average molecular weight is 450 g/mol. The summed E-state index contributed by atoms with van der Waals surface area (Å²) < 4.78 is 17.4. The maximum absolute atomic E-state index is 13.8. The van der Waals surface area contributed by atoms with Crippen LogP contribution in [0, 0.1) is 6.92 Å². The Labute approximate surface area is 190 Å². The second-order valence-corrected chi connectivity index (χ2v) is 8.03. The fourth-order valence-electron chi connectivity index (χ4n) is 3.48. The van der Waals surface area contributed by atoms with Gasteiger partial charge in [0.2, 0.25) is 0 Å². The van der Waals surface area contributed by atoms with E-state index in [2.05, 4.69) is 4.98 Å². The number of pyridine rings is 1. The van der Waals surface area contributed by atoms with E-state index < -0.39 is 0 Å². The third-order valence-electron chi connectivity index (χ3n) is 5.08. The second-order valence-electron chi connectivity index (χ2n) is 7.05. The molecule has 0 aliphatic carbocycles. The van der Waals surface area contributed by atoms with Crippen LogP contribution in [-0.2, 0) is 6.54 Å². The highest BCUT2D eigenvalue weighted by molar-refractivity contribution is 7.22. The molecule has 0 spiro atoms. The van der Waals surface area contributed by atoms with Gasteiger partial charge in [0.1, 0.15) is 11.3 Å². The van der Waals surface area contributed by atoms with Crippen LogP contribution in [0.5, 0.6) is 17.2 Å². The highest BCUT2D eigenvalue weighted by atomic mass is 32.1. The van der Waals surface area contributed by atoms with Gasteiger partial charge in [0.15, 0.2) is 16.6 Å². The maximum Gasteiger partial charge on any atom is 0.264 e. The number of aromatic nitrogens is 2. The lowest BCUT2D eigenvalue weighted by Crippen LogP contribution is -2.30. The topological polar surface area (TPSA) is 73.8 Å². The Morgan fingerprint density at radius 1 is 1.00 bits per heavy atom. The quantitative estimate of drug-likeness (QED) is 0.401. The summed E-state index contributed by atoms with van der Waals surface area (Å²) in [6.45, 7) is 2.32. The standard InChI is InChI=1S/C24H23N3O4S/c1-15-10-11-18(29-2)20-22(15)32-24(26-20)27(14-16-7-6-12-25-13-16)23(28)17-8-5-9-19(30-3)21(17)31-4/h5-13H,14H2,1-4H3. The lowest BCUT2D eigenvalue weighted by Gasteiger charge is -2.21. The van der Waals surface area contributed by atoms with Crippen LogP contribution in [0.3, 0.4) is 0 Å². The first kappa shape index (κ1) is 21.6. The van der Waals surface area contributed by atoms with Gasteiger partial charge < -0.3 is 14.2 Å². The number of amides is 1. The number of carbonyl (C=O) groups is 1. The summed E-state index contributed by atoms with van der Waals surface area (Å²) in [6.07, 6.45) is 3.44. The van der Waals surface area contributed by atoms with Crippen LogP contribution in [-0.4, -0.2) is 37.2 Å². The molecule has 0 fully saturated rings. The van der Waals surface area contributed by atoms with Crippen molar-refractivity contribution in [1.29, 1.82) is 0 Å². The first-order valence-electron chi connectivity index (χ1n) is 9.93. The fourth-order valence-corrected chi connectivity index (χ4v) is 4.53. The van der Waals surface area contributed by atoms with E-state index in [4.69, 9.17) is 19.2 Å². The molecule has 0 N–H and O–H groups in total. The third kappa shape index (κ3) is 3.97. The normalized spacial score (nSPS) is 10.8. The molecule has 1 amide bonds. The molecule has 0 aliphatic heterocycles. The largest absolute Gasteiger partial charge is 0.494 e. The number of rotatable bonds is 7. The van der Waals surface area contributed by atoms with Crippen LogP contribution in [0.25, 0.3) is 10.2 Å². The van der Waals surface area contributed by atoms with Crippen molar-refractivity contribution < 1.29 is 19.0 Å². The number of benzene rings is 2. The molecular formula is C24H23N3O4S. The molecule has 2 aromatic heterocycles. The number of para-hydroxylation sites is 1. The number of hydrogen-bond acceptors (Lipinski definition) is 7. The summed E-state index contributed by atoms with van der Waals surface area (Å²) >= 11 is 1.45. The Bertz CT molecular complexity index is 1260. The van der Waals surface area contributed by atoms with Gasteiger partial charge in [-0.25, -0.2) is 4.98 Å². The van der Waals surface area contributed by atoms with Crippen LogP contribution in [0.2, 0.25) is 0 Å². The number of fused-ring (bicyclic) bond motifs is 1. The van der Waals surface area contributed by atoms with Crippen molar-refractivity contribution in [3.63, 3.8) is 0 Å². The summed E-state index contributed by atoms with van der Waals surface area (Å²) in [5.74, 6) is 1.29. The van der Waals surface area contributed by atoms with E-state index >= 15 is 0 Å². The average Bonchev–Trinajstić information content (AvgIpc) is 3.28. The molecule has 0 unspecified atom stereocenters. The molecule has 4 aromatic rings. The predicted octanol–water partition coefficient (Wildman–Crippen LogP) is 4.87. The number of methoxy groups -OCH3 is 3. The van der Waals surface area contributed by atoms with E-state index in [9.17, 15) is 4.79 Å². The fraction of sp³-hybridized carbons (Fsp3) is 0.208. The van der Waals surface area contributed by atoms with E-state index in [0.29, 0.717) is 34.5 Å². The molecule has 0 radical (unpaired) electrons. The molecule has 0 saturated carbocycles. The van der Waals surface area contributed by atoms with E-state index in [-0.39, 0.29) is 5.91 Å². The van der Waals surface area contributed by atoms with Crippen LogP contribution in [0.4, 0.5) is 5.13 Å². The molecule has 0 atom stereocenters. The monoisotopic (exact) mass is 449 g/mol. The number of ether oxygens (including phenoxy) is 3. The van der Waals surface area contributed by atoms with Gasteiger partial charge >= 0.3 is 0 Å². The van der Waals surface area contributed by atoms with Crippen LogP contribution in [0.15, 0.2) is 54.9 Å². The van der Waals surface area contributed by atoms with Gasteiger partial charge in [0.05, 0.1) is 38.1 Å². The van der Waals surface area contributed by atoms with E-state index in [1.807, 2.05) is 31.2 Å². The maximum atomic E-state index is 13.8. The van der Waals surface area contributed by atoms with Gasteiger partial charge in [0, 0.05) is 12.4 Å². The molecule has 7 nitrogen and oxygen atoms in total. The Morgan fingerprint density at radius 3 is 2.50 bits per heavy atom. The minimum Gasteiger partial charge on any atom is -0.494 e. The zero-order chi connectivity index (χ0) is 22.7. The SMILES string of the molecule is COc1cccc(C(=O)N(Cc2cccnc2)c2nc3c(OC)ccc(C)c3s2)c1OC. The van der Waals surface area contributed by atoms with Crippen molar-refractivity contribution in [1.82, 2.24) is 9.97 Å². The van der Waals surface area contributed by atoms with E-state index in [1.165, 1.54) is 18.4 Å². The van der Waals surface area contributed by atoms with Crippen molar-refractivity contribution in [2.75, 3.05) is 26.2 Å². The van der Waals surface area contributed by atoms with Gasteiger partial charge in [-0.15, -0.1) is 0 Å². The van der Waals surface area contributed by atoms with Gasteiger partial charge in [-0.3, -0.25) is 14.7 Å². The van der Waals surface area contributed by atoms with Crippen molar-refractivity contribution >= 4 is 32.6 Å². The van der Waals surface area contributed by atoms with Crippen LogP contribution >= 0.6 is 11.3 Å². The number of aryl methyl sites for hydroxylation is 1. The predicted molar refractivity (Wildman–Crippen MR) is 125 cm³/mol. The smallest absolute Gasteiger partial charge is 0.264 e. The minimum atomic E-state index is -0.250. The Balaban J connectivity index is 1.86. The number of hydrogen-bond donors (Lipinski definition) is 0. The number of carbonyl (C=O) groups excluding carboxylic acids is 1. The number of anilines is 1. The zero-order valence-electron chi connectivity index (χ0n) is 18.3. The van der Waals surface area contributed by atoms with Crippen molar-refractivity contribution in [2.45, 2.75) is 13.5 Å². The molecule has 8 heteroatoms. The first-order chi connectivity index (χ1) is 15.6. The van der Waals surface area contributed by atoms with E-state index in [0.717, 1.165) is 21.3 Å². The first-order valence-corrected chi connectivity index (χ1v) is 10.7. The molecule has 0 bridgehead atoms. The van der Waals surface area contributed by atoms with Gasteiger partial charge in [-0.2, -0.15) is 0 Å². The molecule has 0 saturated heterocycles. The summed E-state index contributed by atoms with van der Waals surface area (Å²) in [5.41, 5.74) is 3.07. The molecule has 0 aliphatic rings. The summed E-state index contributed by atoms with van der Waals surface area (Å²) in [6, 6.07) is 12.9. The molecule has 2 heterocycles. The van der Waals surface area contributed by atoms with Gasteiger partial charge in [-0.1, -0.05) is 29.5 Å². The Hall–Kier alpha value is -3.65. The zero-order valence-corrected chi connectivity index (χ0v) is 19.1. The summed E-state index contributed by atoms with van der Waals surface area (Å²) in [5, 5.41) is 0.561. The lowest BCUT2D eigenvalue weighted by atomic mass is 10.1. The Morgan fingerprint density at radius 2 is 1.81 bits per heavy atom. The van der Waals surface area contributed by atoms with Crippen molar-refractivity contribution in [2.24, 2.45) is 0 Å². The summed E-state index contributed by atoms with van der Waals surface area (Å²) in [4.78, 5) is 24.4. The number of nitrogens with zero attached hydrogens (tertiary/aromatic N) is 3. The Kier molecular flexibility index (Phi) is 6.23. The highest BCUT2D eigenvalue weighted by Crippen LogP contribution is 2.39. The lowest BCUT2D eigenvalue weighted by molar-refractivity contribution is 0.0981. The van der Waals surface area contributed by atoms with E-state index in [1.54, 1.807) is 49.7 Å². The molecule has 32 heavy (non-hydrogen) atoms. The molecule has 2 aromatic carbocycles. The molecule has 4 rings (SSSR count). The van der Waals surface area contributed by atoms with Crippen LogP contribution < -0.4 is 19.1 Å². The minimum absolute atomic E-state index is 0.250. The van der Waals surface area contributed by atoms with Gasteiger partial charge in [0.25, 0.3) is 5.91 Å². The van der Waals surface area contributed by atoms with Gasteiger partial charge in [-0.05, 0) is 42.3 Å². The third-order valence-corrected chi connectivity index (χ3v) is 6.30. The molecular weight excluding hydrogens is 426 g/mol. The van der Waals surface area contributed by atoms with Crippen molar-refractivity contribution in [3.05, 3.63) is 71.5 Å². The second kappa shape index (κ2) is 9.23. The summed E-state index contributed by atoms with van der Waals surface area (Å²) in [7, 11) is 4.68. The van der Waals surface area contributed by atoms with Crippen LogP contribution in [0.1, 0.15) is 21.5 Å². The highest BCUT2D eigenvalue weighted by Gasteiger charge is 2.27. The number of thiazole rings is 1. The van der Waals surface area contributed by atoms with Crippen molar-refractivity contribution in [3.8, 4) is 17.2 Å².